The number of aliphatic hydroxyl groups is 1. The van der Waals surface area contributed by atoms with Gasteiger partial charge in [-0.1, -0.05) is 23.7 Å². The van der Waals surface area contributed by atoms with E-state index in [1.807, 2.05) is 0 Å². The fourth-order valence-corrected chi connectivity index (χ4v) is 3.64. The highest BCUT2D eigenvalue weighted by Crippen LogP contribution is 2.30. The summed E-state index contributed by atoms with van der Waals surface area (Å²) in [5.74, 6) is -1.36. The van der Waals surface area contributed by atoms with Gasteiger partial charge in [-0.05, 0) is 26.8 Å². The van der Waals surface area contributed by atoms with Crippen molar-refractivity contribution in [3.05, 3.63) is 34.6 Å². The van der Waals surface area contributed by atoms with Crippen molar-refractivity contribution in [3.8, 4) is 0 Å². The first-order valence-corrected chi connectivity index (χ1v) is 11.6. The SMILES string of the molecule is CC(C)(C)OC(=O)N1CC(O)(COS(C)(=O)=O)CC1C(=O)NCc1cccc(Cl)c1F. The minimum atomic E-state index is -3.86. The fraction of sp³-hybridized carbons (Fsp3) is 0.579. The summed E-state index contributed by atoms with van der Waals surface area (Å²) in [7, 11) is -3.86. The number of ether oxygens (including phenoxy) is 1. The summed E-state index contributed by atoms with van der Waals surface area (Å²) < 4.78 is 46.7. The van der Waals surface area contributed by atoms with Crippen LogP contribution < -0.4 is 5.32 Å². The van der Waals surface area contributed by atoms with Crippen LogP contribution in [0, 0.1) is 5.82 Å². The maximum Gasteiger partial charge on any atom is 0.411 e. The van der Waals surface area contributed by atoms with E-state index in [1.54, 1.807) is 20.8 Å². The van der Waals surface area contributed by atoms with E-state index in [9.17, 15) is 27.5 Å². The standard InChI is InChI=1S/C19H26ClFN2O7S/c1-18(2,3)30-17(25)23-10-19(26,11-29-31(4,27)28)8-14(23)16(24)22-9-12-6-5-7-13(20)15(12)21/h5-7,14,26H,8-11H2,1-4H3,(H,22,24). The molecule has 1 aliphatic heterocycles. The van der Waals surface area contributed by atoms with Crippen LogP contribution in [-0.2, 0) is 30.4 Å². The molecule has 1 heterocycles. The van der Waals surface area contributed by atoms with E-state index in [-0.39, 0.29) is 30.1 Å². The highest BCUT2D eigenvalue weighted by atomic mass is 35.5. The molecule has 31 heavy (non-hydrogen) atoms. The summed E-state index contributed by atoms with van der Waals surface area (Å²) in [5.41, 5.74) is -2.53. The first kappa shape index (κ1) is 25.3. The average molecular weight is 481 g/mol. The Labute approximate surface area is 185 Å². The van der Waals surface area contributed by atoms with Crippen LogP contribution in [0.1, 0.15) is 32.8 Å². The van der Waals surface area contributed by atoms with Gasteiger partial charge in [0.15, 0.2) is 0 Å². The summed E-state index contributed by atoms with van der Waals surface area (Å²) in [4.78, 5) is 26.4. The van der Waals surface area contributed by atoms with Crippen LogP contribution in [0.3, 0.4) is 0 Å². The van der Waals surface area contributed by atoms with Gasteiger partial charge in [0, 0.05) is 18.5 Å². The Bertz CT molecular complexity index is 951. The molecule has 0 spiro atoms. The van der Waals surface area contributed by atoms with Gasteiger partial charge in [-0.15, -0.1) is 0 Å². The minimum Gasteiger partial charge on any atom is -0.444 e. The zero-order chi connectivity index (χ0) is 23.6. The number of benzene rings is 1. The van der Waals surface area contributed by atoms with Gasteiger partial charge < -0.3 is 15.2 Å². The van der Waals surface area contributed by atoms with Gasteiger partial charge in [0.1, 0.15) is 23.1 Å². The van der Waals surface area contributed by atoms with Crippen LogP contribution in [0.5, 0.6) is 0 Å². The molecular weight excluding hydrogens is 455 g/mol. The molecular formula is C19H26ClFN2O7S. The third-order valence-electron chi connectivity index (χ3n) is 4.37. The smallest absolute Gasteiger partial charge is 0.411 e. The first-order valence-electron chi connectivity index (χ1n) is 9.37. The Balaban J connectivity index is 2.19. The van der Waals surface area contributed by atoms with Crippen LogP contribution in [0.4, 0.5) is 9.18 Å². The molecule has 0 bridgehead atoms. The van der Waals surface area contributed by atoms with Crippen molar-refractivity contribution >= 4 is 33.7 Å². The molecule has 1 aromatic carbocycles. The average Bonchev–Trinajstić information content (AvgIpc) is 2.98. The number of rotatable bonds is 6. The molecule has 0 radical (unpaired) electrons. The van der Waals surface area contributed by atoms with Crippen molar-refractivity contribution in [1.82, 2.24) is 10.2 Å². The lowest BCUT2D eigenvalue weighted by atomic mass is 10.0. The number of β-amino-alcohol motifs (C(OH)–C–C–N with tert-alkyl or cyclic N) is 1. The zero-order valence-corrected chi connectivity index (χ0v) is 19.2. The maximum atomic E-state index is 14.1. The quantitative estimate of drug-likeness (QED) is 0.595. The molecule has 2 amide bonds. The van der Waals surface area contributed by atoms with Gasteiger partial charge in [-0.25, -0.2) is 9.18 Å². The molecule has 2 rings (SSSR count). The molecule has 1 saturated heterocycles. The van der Waals surface area contributed by atoms with Crippen molar-refractivity contribution in [2.45, 2.75) is 51.0 Å². The topological polar surface area (TPSA) is 122 Å². The second kappa shape index (κ2) is 9.27. The summed E-state index contributed by atoms with van der Waals surface area (Å²) >= 11 is 5.74. The monoisotopic (exact) mass is 480 g/mol. The number of hydrogen-bond acceptors (Lipinski definition) is 7. The Morgan fingerprint density at radius 2 is 2.03 bits per heavy atom. The number of halogens is 2. The molecule has 0 aliphatic carbocycles. The number of nitrogens with zero attached hydrogens (tertiary/aromatic N) is 1. The van der Waals surface area contributed by atoms with Crippen molar-refractivity contribution in [2.75, 3.05) is 19.4 Å². The van der Waals surface area contributed by atoms with Crippen LogP contribution in [0.2, 0.25) is 5.02 Å². The van der Waals surface area contributed by atoms with Gasteiger partial charge in [-0.3, -0.25) is 13.9 Å². The Morgan fingerprint density at radius 1 is 1.39 bits per heavy atom. The first-order chi connectivity index (χ1) is 14.1. The number of hydrogen-bond donors (Lipinski definition) is 2. The number of likely N-dealkylation sites (tertiary alicyclic amines) is 1. The number of amides is 2. The van der Waals surface area contributed by atoms with Gasteiger partial charge in [0.05, 0.1) is 24.4 Å². The molecule has 9 nitrogen and oxygen atoms in total. The molecule has 1 aliphatic rings. The van der Waals surface area contributed by atoms with Crippen molar-refractivity contribution in [3.63, 3.8) is 0 Å². The predicted octanol–water partition coefficient (Wildman–Crippen LogP) is 1.81. The normalized spacial score (nSPS) is 21.8. The molecule has 0 aromatic heterocycles. The van der Waals surface area contributed by atoms with Gasteiger partial charge in [-0.2, -0.15) is 8.42 Å². The molecule has 1 aromatic rings. The highest BCUT2D eigenvalue weighted by molar-refractivity contribution is 7.85. The summed E-state index contributed by atoms with van der Waals surface area (Å²) in [5, 5.41) is 13.2. The Hall–Kier alpha value is -1.95. The van der Waals surface area contributed by atoms with Crippen LogP contribution in [-0.4, -0.2) is 67.1 Å². The molecule has 174 valence electrons. The molecule has 0 saturated carbocycles. The largest absolute Gasteiger partial charge is 0.444 e. The zero-order valence-electron chi connectivity index (χ0n) is 17.6. The second-order valence-electron chi connectivity index (χ2n) is 8.45. The van der Waals surface area contributed by atoms with Crippen molar-refractivity contribution < 1.29 is 36.4 Å². The van der Waals surface area contributed by atoms with E-state index >= 15 is 0 Å². The Kier molecular flexibility index (Phi) is 7.57. The van der Waals surface area contributed by atoms with E-state index in [0.29, 0.717) is 0 Å². The van der Waals surface area contributed by atoms with E-state index in [0.717, 1.165) is 11.2 Å². The summed E-state index contributed by atoms with van der Waals surface area (Å²) in [6.07, 6.45) is -0.344. The molecule has 2 N–H and O–H groups in total. The van der Waals surface area contributed by atoms with Crippen LogP contribution in [0.15, 0.2) is 18.2 Å². The van der Waals surface area contributed by atoms with Gasteiger partial charge in [0.2, 0.25) is 5.91 Å². The molecule has 12 heteroatoms. The number of carbonyl (C=O) groups excluding carboxylic acids is 2. The van der Waals surface area contributed by atoms with Crippen molar-refractivity contribution in [1.29, 1.82) is 0 Å². The van der Waals surface area contributed by atoms with E-state index in [1.165, 1.54) is 18.2 Å². The maximum absolute atomic E-state index is 14.1. The molecule has 2 atom stereocenters. The van der Waals surface area contributed by atoms with Gasteiger partial charge >= 0.3 is 6.09 Å². The summed E-state index contributed by atoms with van der Waals surface area (Å²) in [6, 6.07) is 3.14. The second-order valence-corrected chi connectivity index (χ2v) is 10.5. The third kappa shape index (κ3) is 7.30. The summed E-state index contributed by atoms with van der Waals surface area (Å²) in [6.45, 7) is 3.67. The lowest BCUT2D eigenvalue weighted by Gasteiger charge is -2.28. The van der Waals surface area contributed by atoms with E-state index in [4.69, 9.17) is 16.3 Å². The predicted molar refractivity (Wildman–Crippen MR) is 110 cm³/mol. The Morgan fingerprint density at radius 3 is 2.61 bits per heavy atom. The van der Waals surface area contributed by atoms with Gasteiger partial charge in [0.25, 0.3) is 10.1 Å². The fourth-order valence-electron chi connectivity index (χ4n) is 3.01. The number of nitrogens with one attached hydrogen (secondary N) is 1. The minimum absolute atomic E-state index is 0.102. The third-order valence-corrected chi connectivity index (χ3v) is 5.21. The van der Waals surface area contributed by atoms with Crippen LogP contribution in [0.25, 0.3) is 0 Å². The van der Waals surface area contributed by atoms with E-state index < -0.39 is 51.8 Å². The molecule has 1 fully saturated rings. The van der Waals surface area contributed by atoms with Crippen molar-refractivity contribution in [2.24, 2.45) is 0 Å². The van der Waals surface area contributed by atoms with Crippen LogP contribution >= 0.6 is 11.6 Å². The lowest BCUT2D eigenvalue weighted by molar-refractivity contribution is -0.125. The number of carbonyl (C=O) groups is 2. The van der Waals surface area contributed by atoms with E-state index in [2.05, 4.69) is 9.50 Å². The lowest BCUT2D eigenvalue weighted by Crippen LogP contribution is -2.47. The highest BCUT2D eigenvalue weighted by Gasteiger charge is 2.49. The molecule has 2 unspecified atom stereocenters.